The Morgan fingerprint density at radius 2 is 2.33 bits per heavy atom. The van der Waals surface area contributed by atoms with Crippen LogP contribution < -0.4 is 5.73 Å². The Morgan fingerprint density at radius 1 is 1.50 bits per heavy atom. The lowest BCUT2D eigenvalue weighted by Crippen LogP contribution is -2.24. The summed E-state index contributed by atoms with van der Waals surface area (Å²) in [6, 6.07) is 0. The van der Waals surface area contributed by atoms with E-state index in [1.807, 2.05) is 0 Å². The van der Waals surface area contributed by atoms with Crippen LogP contribution in [0.25, 0.3) is 11.2 Å². The summed E-state index contributed by atoms with van der Waals surface area (Å²) >= 11 is 0. The molecule has 18 heavy (non-hydrogen) atoms. The largest absolute Gasteiger partial charge is 0.394 e. The zero-order valence-electron chi connectivity index (χ0n) is 9.34. The number of nitrogen functional groups attached to an aromatic ring is 1. The van der Waals surface area contributed by atoms with Crippen molar-refractivity contribution >= 4 is 17.0 Å². The summed E-state index contributed by atoms with van der Waals surface area (Å²) < 4.78 is 6.91. The van der Waals surface area contributed by atoms with Gasteiger partial charge in [0.1, 0.15) is 12.4 Å². The van der Waals surface area contributed by atoms with Crippen molar-refractivity contribution in [2.45, 2.75) is 24.9 Å². The molecule has 0 aliphatic carbocycles. The van der Waals surface area contributed by atoms with Crippen LogP contribution in [0, 0.1) is 0 Å². The van der Waals surface area contributed by atoms with Crippen molar-refractivity contribution in [2.24, 2.45) is 0 Å². The quantitative estimate of drug-likeness (QED) is 0.584. The van der Waals surface area contributed by atoms with Gasteiger partial charge >= 0.3 is 0 Å². The SMILES string of the molecule is Nc1ncnc2c1nnn2C1CC(O)C(CO)O1. The number of nitrogens with two attached hydrogens (primary N) is 1. The molecule has 0 amide bonds. The second-order valence-electron chi connectivity index (χ2n) is 4.08. The van der Waals surface area contributed by atoms with Crippen LogP contribution in [0.15, 0.2) is 6.33 Å². The van der Waals surface area contributed by atoms with Crippen molar-refractivity contribution in [1.29, 1.82) is 0 Å². The van der Waals surface area contributed by atoms with Crippen LogP contribution in [0.1, 0.15) is 12.6 Å². The van der Waals surface area contributed by atoms with Gasteiger partial charge in [0.2, 0.25) is 0 Å². The molecule has 9 heteroatoms. The maximum absolute atomic E-state index is 9.68. The number of aliphatic hydroxyl groups is 2. The molecule has 1 fully saturated rings. The van der Waals surface area contributed by atoms with Crippen molar-refractivity contribution in [1.82, 2.24) is 25.0 Å². The lowest BCUT2D eigenvalue weighted by molar-refractivity contribution is -0.0476. The van der Waals surface area contributed by atoms with Gasteiger partial charge in [-0.05, 0) is 0 Å². The average Bonchev–Trinajstić information content (AvgIpc) is 2.93. The molecule has 1 saturated heterocycles. The van der Waals surface area contributed by atoms with Gasteiger partial charge in [0.25, 0.3) is 0 Å². The number of ether oxygens (including phenoxy) is 1. The molecule has 1 aliphatic heterocycles. The smallest absolute Gasteiger partial charge is 0.186 e. The van der Waals surface area contributed by atoms with Gasteiger partial charge in [0, 0.05) is 6.42 Å². The number of aromatic nitrogens is 5. The zero-order chi connectivity index (χ0) is 12.7. The first kappa shape index (κ1) is 11.3. The highest BCUT2D eigenvalue weighted by atomic mass is 16.5. The van der Waals surface area contributed by atoms with Crippen LogP contribution in [0.2, 0.25) is 0 Å². The Bertz CT molecular complexity index is 572. The fourth-order valence-corrected chi connectivity index (χ4v) is 2.00. The minimum atomic E-state index is -0.738. The van der Waals surface area contributed by atoms with Gasteiger partial charge in [-0.3, -0.25) is 0 Å². The first-order valence-electron chi connectivity index (χ1n) is 5.46. The van der Waals surface area contributed by atoms with E-state index in [1.165, 1.54) is 11.0 Å². The molecule has 3 atom stereocenters. The van der Waals surface area contributed by atoms with Crippen molar-refractivity contribution in [3.05, 3.63) is 6.33 Å². The van der Waals surface area contributed by atoms with Crippen molar-refractivity contribution < 1.29 is 14.9 Å². The summed E-state index contributed by atoms with van der Waals surface area (Å²) in [6.07, 6.45) is -0.247. The highest BCUT2D eigenvalue weighted by Gasteiger charge is 2.36. The highest BCUT2D eigenvalue weighted by molar-refractivity contribution is 5.80. The summed E-state index contributed by atoms with van der Waals surface area (Å²) in [5.41, 5.74) is 6.49. The molecular formula is C9H12N6O3. The maximum Gasteiger partial charge on any atom is 0.186 e. The van der Waals surface area contributed by atoms with E-state index in [-0.39, 0.29) is 12.4 Å². The second kappa shape index (κ2) is 4.12. The van der Waals surface area contributed by atoms with Crippen molar-refractivity contribution in [3.8, 4) is 0 Å². The third-order valence-corrected chi connectivity index (χ3v) is 2.95. The third kappa shape index (κ3) is 1.60. The summed E-state index contributed by atoms with van der Waals surface area (Å²) in [5.74, 6) is 0.239. The van der Waals surface area contributed by atoms with Gasteiger partial charge in [-0.15, -0.1) is 5.10 Å². The van der Waals surface area contributed by atoms with Crippen LogP contribution >= 0.6 is 0 Å². The number of aliphatic hydroxyl groups excluding tert-OH is 2. The maximum atomic E-state index is 9.68. The Kier molecular flexibility index (Phi) is 2.58. The number of fused-ring (bicyclic) bond motifs is 1. The molecule has 0 saturated carbocycles. The molecule has 3 rings (SSSR count). The van der Waals surface area contributed by atoms with E-state index in [2.05, 4.69) is 20.3 Å². The van der Waals surface area contributed by atoms with E-state index in [0.717, 1.165) is 0 Å². The van der Waals surface area contributed by atoms with E-state index >= 15 is 0 Å². The second-order valence-corrected chi connectivity index (χ2v) is 4.08. The first-order valence-corrected chi connectivity index (χ1v) is 5.46. The van der Waals surface area contributed by atoms with E-state index < -0.39 is 18.4 Å². The molecule has 0 spiro atoms. The molecule has 9 nitrogen and oxygen atoms in total. The Hall–Kier alpha value is -1.84. The molecule has 0 radical (unpaired) electrons. The Morgan fingerprint density at radius 3 is 3.06 bits per heavy atom. The summed E-state index contributed by atoms with van der Waals surface area (Å²) in [5, 5.41) is 26.5. The monoisotopic (exact) mass is 252 g/mol. The Balaban J connectivity index is 1.99. The first-order chi connectivity index (χ1) is 8.70. The normalized spacial score (nSPS) is 28.0. The van der Waals surface area contributed by atoms with Crippen molar-refractivity contribution in [2.75, 3.05) is 12.3 Å². The molecule has 4 N–H and O–H groups in total. The van der Waals surface area contributed by atoms with Crippen LogP contribution in [0.5, 0.6) is 0 Å². The molecule has 0 bridgehead atoms. The number of hydrogen-bond acceptors (Lipinski definition) is 8. The molecule has 2 aromatic rings. The van der Waals surface area contributed by atoms with E-state index in [9.17, 15) is 5.11 Å². The summed E-state index contributed by atoms with van der Waals surface area (Å²) in [6.45, 7) is -0.249. The molecule has 3 unspecified atom stereocenters. The molecular weight excluding hydrogens is 240 g/mol. The predicted octanol–water partition coefficient (Wildman–Crippen LogP) is -1.56. The minimum Gasteiger partial charge on any atom is -0.394 e. The van der Waals surface area contributed by atoms with Gasteiger partial charge in [-0.25, -0.2) is 9.97 Å². The molecule has 1 aliphatic rings. The molecule has 0 aromatic carbocycles. The van der Waals surface area contributed by atoms with Gasteiger partial charge < -0.3 is 20.7 Å². The van der Waals surface area contributed by atoms with Crippen LogP contribution in [-0.4, -0.2) is 54.0 Å². The number of anilines is 1. The summed E-state index contributed by atoms with van der Waals surface area (Å²) in [7, 11) is 0. The predicted molar refractivity (Wildman–Crippen MR) is 59.2 cm³/mol. The lowest BCUT2D eigenvalue weighted by atomic mass is 10.2. The van der Waals surface area contributed by atoms with Crippen molar-refractivity contribution in [3.63, 3.8) is 0 Å². The third-order valence-electron chi connectivity index (χ3n) is 2.95. The zero-order valence-corrected chi connectivity index (χ0v) is 9.34. The lowest BCUT2D eigenvalue weighted by Gasteiger charge is -2.11. The summed E-state index contributed by atoms with van der Waals surface area (Å²) in [4.78, 5) is 7.86. The van der Waals surface area contributed by atoms with Gasteiger partial charge in [0.05, 0.1) is 12.7 Å². The van der Waals surface area contributed by atoms with E-state index in [4.69, 9.17) is 15.6 Å². The number of nitrogens with zero attached hydrogens (tertiary/aromatic N) is 5. The minimum absolute atomic E-state index is 0.239. The van der Waals surface area contributed by atoms with Crippen LogP contribution in [0.4, 0.5) is 5.82 Å². The highest BCUT2D eigenvalue weighted by Crippen LogP contribution is 2.29. The van der Waals surface area contributed by atoms with Crippen LogP contribution in [-0.2, 0) is 4.74 Å². The fraction of sp³-hybridized carbons (Fsp3) is 0.556. The molecule has 2 aromatic heterocycles. The number of rotatable bonds is 2. The molecule has 3 heterocycles. The molecule has 96 valence electrons. The number of hydrogen-bond donors (Lipinski definition) is 3. The van der Waals surface area contributed by atoms with E-state index in [0.29, 0.717) is 17.6 Å². The standard InChI is InChI=1S/C9H12N6O3/c10-8-7-9(12-3-11-8)15(14-13-7)6-1-4(17)5(2-16)18-6/h3-6,16-17H,1-2H2,(H2,10,11,12). The van der Waals surface area contributed by atoms with Gasteiger partial charge in [0.15, 0.2) is 23.2 Å². The van der Waals surface area contributed by atoms with Gasteiger partial charge in [-0.2, -0.15) is 4.68 Å². The van der Waals surface area contributed by atoms with Crippen LogP contribution in [0.3, 0.4) is 0 Å². The fourth-order valence-electron chi connectivity index (χ4n) is 2.00. The average molecular weight is 252 g/mol. The Labute approximate surface area is 101 Å². The van der Waals surface area contributed by atoms with E-state index in [1.54, 1.807) is 0 Å². The van der Waals surface area contributed by atoms with Gasteiger partial charge in [-0.1, -0.05) is 5.21 Å². The topological polar surface area (TPSA) is 132 Å².